The lowest BCUT2D eigenvalue weighted by atomic mass is 9.52. The van der Waals surface area contributed by atoms with Gasteiger partial charge in [-0.15, -0.1) is 0 Å². The summed E-state index contributed by atoms with van der Waals surface area (Å²) < 4.78 is 0. The molecule has 2 aliphatic rings. The summed E-state index contributed by atoms with van der Waals surface area (Å²) in [6.45, 7) is 0. The van der Waals surface area contributed by atoms with Crippen LogP contribution >= 0.6 is 15.9 Å². The molecule has 66 valence electrons. The van der Waals surface area contributed by atoms with Crippen molar-refractivity contribution in [2.45, 2.75) is 32.1 Å². The third kappa shape index (κ3) is 1.10. The van der Waals surface area contributed by atoms with E-state index in [1.807, 2.05) is 0 Å². The van der Waals surface area contributed by atoms with Gasteiger partial charge in [-0.2, -0.15) is 5.26 Å². The summed E-state index contributed by atoms with van der Waals surface area (Å²) in [7, 11) is 0. The van der Waals surface area contributed by atoms with Crippen molar-refractivity contribution in [3.63, 3.8) is 0 Å². The lowest BCUT2D eigenvalue weighted by Crippen LogP contribution is -2.45. The predicted octanol–water partition coefficient (Wildman–Crippen LogP) is 3.10. The second kappa shape index (κ2) is 3.03. The maximum absolute atomic E-state index is 9.12. The third-order valence-electron chi connectivity index (χ3n) is 3.63. The van der Waals surface area contributed by atoms with Gasteiger partial charge in [-0.1, -0.05) is 22.4 Å². The lowest BCUT2D eigenvalue weighted by Gasteiger charge is -2.50. The number of nitrogens with zero attached hydrogens (tertiary/aromatic N) is 1. The Labute approximate surface area is 82.3 Å². The Morgan fingerprint density at radius 3 is 2.42 bits per heavy atom. The molecule has 0 N–H and O–H groups in total. The Hall–Kier alpha value is -0.0300. The second-order valence-corrected chi connectivity index (χ2v) is 4.97. The van der Waals surface area contributed by atoms with Crippen molar-refractivity contribution in [1.82, 2.24) is 0 Å². The van der Waals surface area contributed by atoms with Crippen LogP contribution in [0.2, 0.25) is 0 Å². The molecule has 0 unspecified atom stereocenters. The summed E-state index contributed by atoms with van der Waals surface area (Å²) in [5, 5.41) is 10.2. The molecule has 0 saturated heterocycles. The first-order chi connectivity index (χ1) is 5.80. The van der Waals surface area contributed by atoms with Crippen molar-refractivity contribution in [2.75, 3.05) is 5.33 Å². The number of nitriles is 1. The van der Waals surface area contributed by atoms with Gasteiger partial charge >= 0.3 is 0 Å². The van der Waals surface area contributed by atoms with E-state index in [9.17, 15) is 0 Å². The van der Waals surface area contributed by atoms with Crippen molar-refractivity contribution in [1.29, 1.82) is 5.26 Å². The molecule has 0 heterocycles. The van der Waals surface area contributed by atoms with Gasteiger partial charge in [0.1, 0.15) is 0 Å². The molecule has 0 aromatic rings. The van der Waals surface area contributed by atoms with Crippen LogP contribution in [0.5, 0.6) is 0 Å². The Bertz CT molecular complexity index is 208. The molecule has 2 heteroatoms. The van der Waals surface area contributed by atoms with Crippen LogP contribution in [0.3, 0.4) is 0 Å². The first-order valence-electron chi connectivity index (χ1n) is 4.78. The normalized spacial score (nSPS) is 41.2. The van der Waals surface area contributed by atoms with E-state index < -0.39 is 0 Å². The Morgan fingerprint density at radius 2 is 2.08 bits per heavy atom. The van der Waals surface area contributed by atoms with Crippen molar-refractivity contribution in [3.8, 4) is 6.07 Å². The number of hydrogen-bond donors (Lipinski definition) is 0. The monoisotopic (exact) mass is 227 g/mol. The summed E-state index contributed by atoms with van der Waals surface area (Å²) in [5.74, 6) is 1.53. The minimum absolute atomic E-state index is 0.108. The lowest BCUT2D eigenvalue weighted by molar-refractivity contribution is 0.0180. The van der Waals surface area contributed by atoms with Crippen molar-refractivity contribution >= 4 is 15.9 Å². The maximum atomic E-state index is 9.12. The van der Waals surface area contributed by atoms with Crippen LogP contribution in [0.4, 0.5) is 0 Å². The quantitative estimate of drug-likeness (QED) is 0.666. The van der Waals surface area contributed by atoms with Gasteiger partial charge in [0, 0.05) is 5.33 Å². The van der Waals surface area contributed by atoms with Crippen LogP contribution in [-0.2, 0) is 0 Å². The van der Waals surface area contributed by atoms with Crippen LogP contribution in [0.25, 0.3) is 0 Å². The maximum Gasteiger partial charge on any atom is 0.0692 e. The van der Waals surface area contributed by atoms with Crippen LogP contribution in [0.15, 0.2) is 0 Å². The highest BCUT2D eigenvalue weighted by molar-refractivity contribution is 9.09. The van der Waals surface area contributed by atoms with E-state index in [1.165, 1.54) is 19.3 Å². The van der Waals surface area contributed by atoms with Gasteiger partial charge < -0.3 is 0 Å². The van der Waals surface area contributed by atoms with Crippen LogP contribution in [0.1, 0.15) is 32.1 Å². The molecule has 2 rings (SSSR count). The molecule has 0 bridgehead atoms. The fourth-order valence-electron chi connectivity index (χ4n) is 2.56. The zero-order valence-electron chi connectivity index (χ0n) is 7.22. The number of halogens is 1. The molecule has 1 nitrogen and oxygen atoms in total. The molecule has 0 spiro atoms. The highest BCUT2D eigenvalue weighted by Crippen LogP contribution is 2.56. The third-order valence-corrected chi connectivity index (χ3v) is 4.55. The molecule has 2 aliphatic carbocycles. The van der Waals surface area contributed by atoms with Crippen LogP contribution in [-0.4, -0.2) is 5.33 Å². The Kier molecular flexibility index (Phi) is 2.16. The Morgan fingerprint density at radius 1 is 1.42 bits per heavy atom. The van der Waals surface area contributed by atoms with Gasteiger partial charge in [-0.05, 0) is 37.5 Å². The minimum atomic E-state index is 0.108. The van der Waals surface area contributed by atoms with E-state index in [4.69, 9.17) is 5.26 Å². The summed E-state index contributed by atoms with van der Waals surface area (Å²) in [6.07, 6.45) is 6.27. The first-order valence-corrected chi connectivity index (χ1v) is 5.90. The smallest absolute Gasteiger partial charge is 0.0692 e. The summed E-state index contributed by atoms with van der Waals surface area (Å²) in [5.41, 5.74) is 0.108. The summed E-state index contributed by atoms with van der Waals surface area (Å²) in [6, 6.07) is 2.56. The minimum Gasteiger partial charge on any atom is -0.198 e. The molecule has 0 amide bonds. The number of alkyl halides is 1. The molecule has 0 aromatic heterocycles. The second-order valence-electron chi connectivity index (χ2n) is 4.32. The number of hydrogen-bond acceptors (Lipinski definition) is 1. The summed E-state index contributed by atoms with van der Waals surface area (Å²) in [4.78, 5) is 0. The van der Waals surface area contributed by atoms with E-state index in [0.29, 0.717) is 0 Å². The van der Waals surface area contributed by atoms with Gasteiger partial charge in [0.05, 0.1) is 11.5 Å². The van der Waals surface area contributed by atoms with E-state index >= 15 is 0 Å². The highest BCUT2D eigenvalue weighted by atomic mass is 79.9. The molecular weight excluding hydrogens is 214 g/mol. The zero-order valence-corrected chi connectivity index (χ0v) is 8.81. The highest BCUT2D eigenvalue weighted by Gasteiger charge is 2.51. The van der Waals surface area contributed by atoms with Crippen molar-refractivity contribution in [2.24, 2.45) is 17.3 Å². The molecule has 2 fully saturated rings. The fraction of sp³-hybridized carbons (Fsp3) is 0.900. The van der Waals surface area contributed by atoms with E-state index in [0.717, 1.165) is 30.0 Å². The average Bonchev–Trinajstić information content (AvgIpc) is 1.91. The van der Waals surface area contributed by atoms with Crippen molar-refractivity contribution < 1.29 is 0 Å². The number of rotatable bonds is 2. The van der Waals surface area contributed by atoms with E-state index in [-0.39, 0.29) is 5.41 Å². The summed E-state index contributed by atoms with van der Waals surface area (Å²) >= 11 is 3.49. The standard InChI is InChI=1S/C10H14BrN/c11-6-8-4-10(5-8,7-12)9-2-1-3-9/h8-9H,1-6H2. The molecule has 12 heavy (non-hydrogen) atoms. The van der Waals surface area contributed by atoms with E-state index in [2.05, 4.69) is 22.0 Å². The molecule has 2 saturated carbocycles. The van der Waals surface area contributed by atoms with E-state index in [1.54, 1.807) is 0 Å². The molecule has 0 atom stereocenters. The molecule has 0 radical (unpaired) electrons. The van der Waals surface area contributed by atoms with Gasteiger partial charge in [0.2, 0.25) is 0 Å². The van der Waals surface area contributed by atoms with Crippen LogP contribution < -0.4 is 0 Å². The zero-order chi connectivity index (χ0) is 8.60. The fourth-order valence-corrected chi connectivity index (χ4v) is 3.01. The Balaban J connectivity index is 1.96. The molecular formula is C10H14BrN. The molecule has 0 aliphatic heterocycles. The van der Waals surface area contributed by atoms with Gasteiger partial charge in [0.15, 0.2) is 0 Å². The molecule has 0 aromatic carbocycles. The SMILES string of the molecule is N#CC1(C2CCC2)CC(CBr)C1. The van der Waals surface area contributed by atoms with Gasteiger partial charge in [0.25, 0.3) is 0 Å². The van der Waals surface area contributed by atoms with Gasteiger partial charge in [-0.25, -0.2) is 0 Å². The topological polar surface area (TPSA) is 23.8 Å². The van der Waals surface area contributed by atoms with Gasteiger partial charge in [-0.3, -0.25) is 0 Å². The predicted molar refractivity (Wildman–Crippen MR) is 51.9 cm³/mol. The average molecular weight is 228 g/mol. The first kappa shape index (κ1) is 8.56. The van der Waals surface area contributed by atoms with Crippen molar-refractivity contribution in [3.05, 3.63) is 0 Å². The van der Waals surface area contributed by atoms with Crippen LogP contribution in [0, 0.1) is 28.6 Å². The largest absolute Gasteiger partial charge is 0.198 e.